The van der Waals surface area contributed by atoms with Crippen LogP contribution in [-0.4, -0.2) is 11.8 Å². The Hall–Kier alpha value is -2.56. The molecular weight excluding hydrogens is 256 g/mol. The number of hydrogen-bond donors (Lipinski definition) is 2. The lowest BCUT2D eigenvalue weighted by molar-refractivity contribution is -0.136. The molecule has 2 amide bonds. The highest BCUT2D eigenvalue weighted by atomic mass is 16.3. The summed E-state index contributed by atoms with van der Waals surface area (Å²) in [7, 11) is 0. The highest BCUT2D eigenvalue weighted by Gasteiger charge is 2.18. The van der Waals surface area contributed by atoms with Crippen LogP contribution in [-0.2, 0) is 9.59 Å². The number of anilines is 1. The summed E-state index contributed by atoms with van der Waals surface area (Å²) in [5.74, 6) is -0.0278. The minimum Gasteiger partial charge on any atom is -0.464 e. The van der Waals surface area contributed by atoms with Gasteiger partial charge >= 0.3 is 11.8 Å². The van der Waals surface area contributed by atoms with Crippen LogP contribution in [0.1, 0.15) is 24.5 Å². The predicted octanol–water partition coefficient (Wildman–Crippen LogP) is 2.40. The number of furan rings is 1. The van der Waals surface area contributed by atoms with Gasteiger partial charge in [0.05, 0.1) is 6.04 Å². The molecular formula is C15H16N2O3. The molecule has 5 nitrogen and oxygen atoms in total. The molecule has 0 bridgehead atoms. The van der Waals surface area contributed by atoms with Crippen molar-refractivity contribution in [2.45, 2.75) is 19.9 Å². The number of aryl methyl sites for hydroxylation is 1. The monoisotopic (exact) mass is 272 g/mol. The van der Waals surface area contributed by atoms with Crippen LogP contribution in [0.4, 0.5) is 5.69 Å². The first-order valence-electron chi connectivity index (χ1n) is 6.29. The Labute approximate surface area is 117 Å². The third-order valence-electron chi connectivity index (χ3n) is 2.77. The summed E-state index contributed by atoms with van der Waals surface area (Å²) in [6, 6.07) is 12.0. The van der Waals surface area contributed by atoms with E-state index >= 15 is 0 Å². The van der Waals surface area contributed by atoms with Crippen molar-refractivity contribution >= 4 is 17.5 Å². The summed E-state index contributed by atoms with van der Waals surface area (Å²) in [4.78, 5) is 23.5. The minimum atomic E-state index is -0.702. The highest BCUT2D eigenvalue weighted by molar-refractivity contribution is 6.39. The zero-order valence-electron chi connectivity index (χ0n) is 11.3. The van der Waals surface area contributed by atoms with E-state index in [2.05, 4.69) is 10.6 Å². The molecule has 104 valence electrons. The lowest BCUT2D eigenvalue weighted by Crippen LogP contribution is -2.36. The number of nitrogens with one attached hydrogen (secondary N) is 2. The second-order valence-electron chi connectivity index (χ2n) is 4.46. The second kappa shape index (κ2) is 6.06. The number of hydrogen-bond acceptors (Lipinski definition) is 3. The SMILES string of the molecule is Cc1ccc([C@@H](C)NC(=O)C(=O)Nc2ccccc2)o1. The normalized spacial score (nSPS) is 11.7. The summed E-state index contributed by atoms with van der Waals surface area (Å²) in [6.45, 7) is 3.58. The van der Waals surface area contributed by atoms with Crippen LogP contribution >= 0.6 is 0 Å². The Morgan fingerprint density at radius 1 is 1.05 bits per heavy atom. The summed E-state index contributed by atoms with van der Waals surface area (Å²) in [5.41, 5.74) is 0.578. The molecule has 0 aliphatic rings. The van der Waals surface area contributed by atoms with Gasteiger partial charge in [-0.3, -0.25) is 9.59 Å². The van der Waals surface area contributed by atoms with E-state index in [0.717, 1.165) is 5.76 Å². The van der Waals surface area contributed by atoms with E-state index in [0.29, 0.717) is 11.4 Å². The lowest BCUT2D eigenvalue weighted by Gasteiger charge is -2.11. The average Bonchev–Trinajstić information content (AvgIpc) is 2.86. The largest absolute Gasteiger partial charge is 0.464 e. The van der Waals surface area contributed by atoms with Crippen molar-refractivity contribution < 1.29 is 14.0 Å². The van der Waals surface area contributed by atoms with Gasteiger partial charge in [0.25, 0.3) is 0 Å². The molecule has 2 N–H and O–H groups in total. The molecule has 5 heteroatoms. The van der Waals surface area contributed by atoms with Gasteiger partial charge in [0.15, 0.2) is 0 Å². The van der Waals surface area contributed by atoms with Crippen LogP contribution in [0.3, 0.4) is 0 Å². The van der Waals surface area contributed by atoms with Crippen LogP contribution < -0.4 is 10.6 Å². The zero-order chi connectivity index (χ0) is 14.5. The standard InChI is InChI=1S/C15H16N2O3/c1-10-8-9-13(20-10)11(2)16-14(18)15(19)17-12-6-4-3-5-7-12/h3-9,11H,1-2H3,(H,16,18)(H,17,19)/t11-/m1/s1. The van der Waals surface area contributed by atoms with Gasteiger partial charge in [-0.15, -0.1) is 0 Å². The number of benzene rings is 1. The number of carbonyl (C=O) groups excluding carboxylic acids is 2. The van der Waals surface area contributed by atoms with Gasteiger partial charge in [0.2, 0.25) is 0 Å². The van der Waals surface area contributed by atoms with E-state index in [9.17, 15) is 9.59 Å². The van der Waals surface area contributed by atoms with Crippen LogP contribution in [0.5, 0.6) is 0 Å². The maximum Gasteiger partial charge on any atom is 0.313 e. The van der Waals surface area contributed by atoms with Gasteiger partial charge in [-0.25, -0.2) is 0 Å². The second-order valence-corrected chi connectivity index (χ2v) is 4.46. The Bertz CT molecular complexity index is 605. The van der Waals surface area contributed by atoms with Crippen molar-refractivity contribution in [3.63, 3.8) is 0 Å². The van der Waals surface area contributed by atoms with Crippen molar-refractivity contribution in [1.82, 2.24) is 5.32 Å². The van der Waals surface area contributed by atoms with Gasteiger partial charge in [-0.2, -0.15) is 0 Å². The van der Waals surface area contributed by atoms with Crippen molar-refractivity contribution in [2.75, 3.05) is 5.32 Å². The Balaban J connectivity index is 1.93. The van der Waals surface area contributed by atoms with E-state index in [1.165, 1.54) is 0 Å². The maximum atomic E-state index is 11.8. The minimum absolute atomic E-state index is 0.363. The quantitative estimate of drug-likeness (QED) is 0.843. The fourth-order valence-corrected chi connectivity index (χ4v) is 1.73. The number of amides is 2. The highest BCUT2D eigenvalue weighted by Crippen LogP contribution is 2.15. The molecule has 0 saturated carbocycles. The van der Waals surface area contributed by atoms with Gasteiger partial charge in [0, 0.05) is 5.69 Å². The van der Waals surface area contributed by atoms with E-state index in [4.69, 9.17) is 4.42 Å². The molecule has 0 saturated heterocycles. The fraction of sp³-hybridized carbons (Fsp3) is 0.200. The van der Waals surface area contributed by atoms with Crippen molar-refractivity contribution in [3.8, 4) is 0 Å². The van der Waals surface area contributed by atoms with Gasteiger partial charge in [0.1, 0.15) is 11.5 Å². The molecule has 0 aliphatic heterocycles. The van der Waals surface area contributed by atoms with E-state index in [1.54, 1.807) is 37.3 Å². The van der Waals surface area contributed by atoms with Gasteiger partial charge < -0.3 is 15.1 Å². The molecule has 1 atom stereocenters. The van der Waals surface area contributed by atoms with Gasteiger partial charge in [-0.1, -0.05) is 18.2 Å². The molecule has 0 spiro atoms. The van der Waals surface area contributed by atoms with Crippen LogP contribution in [0.15, 0.2) is 46.9 Å². The molecule has 0 fully saturated rings. The molecule has 1 aromatic heterocycles. The first kappa shape index (κ1) is 13.9. The molecule has 2 aromatic rings. The van der Waals surface area contributed by atoms with Crippen molar-refractivity contribution in [1.29, 1.82) is 0 Å². The predicted molar refractivity (Wildman–Crippen MR) is 75.1 cm³/mol. The van der Waals surface area contributed by atoms with Crippen molar-refractivity contribution in [2.24, 2.45) is 0 Å². The molecule has 0 radical (unpaired) electrons. The van der Waals surface area contributed by atoms with Crippen molar-refractivity contribution in [3.05, 3.63) is 54.0 Å². The maximum absolute atomic E-state index is 11.8. The number of carbonyl (C=O) groups is 2. The summed E-state index contributed by atoms with van der Waals surface area (Å²) in [5, 5.41) is 5.11. The molecule has 0 aliphatic carbocycles. The molecule has 1 aromatic carbocycles. The van der Waals surface area contributed by atoms with Crippen LogP contribution in [0, 0.1) is 6.92 Å². The fourth-order valence-electron chi connectivity index (χ4n) is 1.73. The van der Waals surface area contributed by atoms with Crippen LogP contribution in [0.2, 0.25) is 0 Å². The smallest absolute Gasteiger partial charge is 0.313 e. The molecule has 20 heavy (non-hydrogen) atoms. The lowest BCUT2D eigenvalue weighted by atomic mass is 10.2. The Morgan fingerprint density at radius 2 is 1.75 bits per heavy atom. The molecule has 0 unspecified atom stereocenters. The summed E-state index contributed by atoms with van der Waals surface area (Å²) >= 11 is 0. The Kier molecular flexibility index (Phi) is 4.20. The van der Waals surface area contributed by atoms with E-state index < -0.39 is 11.8 Å². The third-order valence-corrected chi connectivity index (χ3v) is 2.77. The molecule has 1 heterocycles. The third kappa shape index (κ3) is 3.47. The summed E-state index contributed by atoms with van der Waals surface area (Å²) in [6.07, 6.45) is 0. The molecule has 2 rings (SSSR count). The Morgan fingerprint density at radius 3 is 2.35 bits per heavy atom. The number of rotatable bonds is 3. The first-order valence-corrected chi connectivity index (χ1v) is 6.29. The van der Waals surface area contributed by atoms with Gasteiger partial charge in [-0.05, 0) is 38.1 Å². The zero-order valence-corrected chi connectivity index (χ0v) is 11.3. The van der Waals surface area contributed by atoms with E-state index in [-0.39, 0.29) is 6.04 Å². The first-order chi connectivity index (χ1) is 9.56. The average molecular weight is 272 g/mol. The topological polar surface area (TPSA) is 71.3 Å². The van der Waals surface area contributed by atoms with E-state index in [1.807, 2.05) is 19.1 Å². The number of para-hydroxylation sites is 1. The summed E-state index contributed by atoms with van der Waals surface area (Å²) < 4.78 is 5.40. The van der Waals surface area contributed by atoms with Crippen LogP contribution in [0.25, 0.3) is 0 Å².